The van der Waals surface area contributed by atoms with Crippen LogP contribution in [0.4, 0.5) is 0 Å². The van der Waals surface area contributed by atoms with Crippen molar-refractivity contribution in [2.24, 2.45) is 5.73 Å². The smallest absolute Gasteiger partial charge is 0.0903 e. The second-order valence-electron chi connectivity index (χ2n) is 1.84. The largest absolute Gasteiger partial charge is 0.385 e. The minimum atomic E-state index is -0.421. The minimum Gasteiger partial charge on any atom is -0.385 e. The van der Waals surface area contributed by atoms with Crippen LogP contribution in [0.1, 0.15) is 0 Å². The number of hydrogen-bond donors (Lipinski definition) is 2. The summed E-state index contributed by atoms with van der Waals surface area (Å²) in [7, 11) is 0. The van der Waals surface area contributed by atoms with Gasteiger partial charge in [-0.1, -0.05) is 24.3 Å². The van der Waals surface area contributed by atoms with Crippen LogP contribution < -0.4 is 5.73 Å². The molecule has 3 N–H and O–H groups in total. The van der Waals surface area contributed by atoms with E-state index in [9.17, 15) is 0 Å². The predicted octanol–water partition coefficient (Wildman–Crippen LogP) is -0.199. The Morgan fingerprint density at radius 1 is 1.12 bits per heavy atom. The van der Waals surface area contributed by atoms with E-state index in [-0.39, 0.29) is 6.04 Å². The van der Waals surface area contributed by atoms with Crippen LogP contribution in [0.2, 0.25) is 0 Å². The van der Waals surface area contributed by atoms with E-state index in [4.69, 9.17) is 10.8 Å². The molecule has 0 aromatic heterocycles. The van der Waals surface area contributed by atoms with E-state index in [0.29, 0.717) is 0 Å². The molecule has 2 nitrogen and oxygen atoms in total. The second kappa shape index (κ2) is 2.11. The molecule has 0 spiro atoms. The highest BCUT2D eigenvalue weighted by Gasteiger charge is 1.99. The molecule has 8 heavy (non-hydrogen) atoms. The van der Waals surface area contributed by atoms with E-state index >= 15 is 0 Å². The fourth-order valence-electron chi connectivity index (χ4n) is 0.613. The summed E-state index contributed by atoms with van der Waals surface area (Å²) < 4.78 is 0. The van der Waals surface area contributed by atoms with E-state index in [1.54, 1.807) is 24.3 Å². The van der Waals surface area contributed by atoms with Crippen LogP contribution in [0, 0.1) is 0 Å². The first-order valence-electron chi connectivity index (χ1n) is 2.59. The van der Waals surface area contributed by atoms with Gasteiger partial charge in [0.2, 0.25) is 0 Å². The fourth-order valence-corrected chi connectivity index (χ4v) is 0.613. The van der Waals surface area contributed by atoms with E-state index < -0.39 is 6.10 Å². The van der Waals surface area contributed by atoms with Crippen LogP contribution in [-0.4, -0.2) is 17.3 Å². The maximum Gasteiger partial charge on any atom is 0.0903 e. The van der Waals surface area contributed by atoms with Gasteiger partial charge in [0.05, 0.1) is 6.10 Å². The number of hydrogen-bond acceptors (Lipinski definition) is 2. The molecule has 0 heterocycles. The molecule has 2 heteroatoms. The van der Waals surface area contributed by atoms with Crippen molar-refractivity contribution in [1.29, 1.82) is 0 Å². The lowest BCUT2D eigenvalue weighted by Crippen LogP contribution is -2.18. The highest BCUT2D eigenvalue weighted by molar-refractivity contribution is 5.16. The van der Waals surface area contributed by atoms with Gasteiger partial charge in [-0.2, -0.15) is 0 Å². The van der Waals surface area contributed by atoms with Gasteiger partial charge >= 0.3 is 0 Å². The Morgan fingerprint density at radius 2 is 1.62 bits per heavy atom. The summed E-state index contributed by atoms with van der Waals surface area (Å²) >= 11 is 0. The standard InChI is InChI=1S/C6H9NO/c7-5-1-3-6(8)4-2-5/h1-6,8H,7H2. The topological polar surface area (TPSA) is 46.2 Å². The summed E-state index contributed by atoms with van der Waals surface area (Å²) in [6.07, 6.45) is 6.46. The number of aliphatic hydroxyl groups is 1. The van der Waals surface area contributed by atoms with Crippen molar-refractivity contribution in [2.75, 3.05) is 0 Å². The zero-order valence-corrected chi connectivity index (χ0v) is 4.49. The van der Waals surface area contributed by atoms with Gasteiger partial charge in [-0.3, -0.25) is 0 Å². The van der Waals surface area contributed by atoms with Gasteiger partial charge in [0.1, 0.15) is 0 Å². The van der Waals surface area contributed by atoms with Crippen molar-refractivity contribution >= 4 is 0 Å². The number of aliphatic hydroxyl groups excluding tert-OH is 1. The molecule has 0 amide bonds. The van der Waals surface area contributed by atoms with E-state index in [2.05, 4.69) is 0 Å². The first-order valence-corrected chi connectivity index (χ1v) is 2.59. The van der Waals surface area contributed by atoms with Crippen LogP contribution in [0.5, 0.6) is 0 Å². The van der Waals surface area contributed by atoms with Gasteiger partial charge in [-0.15, -0.1) is 0 Å². The number of nitrogens with two attached hydrogens (primary N) is 1. The molecule has 0 saturated heterocycles. The van der Waals surface area contributed by atoms with Crippen LogP contribution in [-0.2, 0) is 0 Å². The monoisotopic (exact) mass is 111 g/mol. The van der Waals surface area contributed by atoms with Crippen molar-refractivity contribution in [3.05, 3.63) is 24.3 Å². The van der Waals surface area contributed by atoms with Crippen LogP contribution in [0.3, 0.4) is 0 Å². The molecule has 0 radical (unpaired) electrons. The van der Waals surface area contributed by atoms with Gasteiger partial charge < -0.3 is 10.8 Å². The zero-order chi connectivity index (χ0) is 5.98. The first-order chi connectivity index (χ1) is 3.79. The summed E-state index contributed by atoms with van der Waals surface area (Å²) in [6, 6.07) is -0.00148. The highest BCUT2D eigenvalue weighted by atomic mass is 16.3. The summed E-state index contributed by atoms with van der Waals surface area (Å²) in [5.41, 5.74) is 5.41. The Hall–Kier alpha value is -0.600. The van der Waals surface area contributed by atoms with Crippen molar-refractivity contribution in [3.63, 3.8) is 0 Å². The summed E-state index contributed by atoms with van der Waals surface area (Å²) in [4.78, 5) is 0. The molecular weight excluding hydrogens is 102 g/mol. The van der Waals surface area contributed by atoms with Gasteiger partial charge in [0.25, 0.3) is 0 Å². The summed E-state index contributed by atoms with van der Waals surface area (Å²) in [5, 5.41) is 8.80. The Labute approximate surface area is 48.3 Å². The molecular formula is C6H9NO. The molecule has 0 aromatic rings. The quantitative estimate of drug-likeness (QED) is 0.425. The van der Waals surface area contributed by atoms with E-state index in [0.717, 1.165) is 0 Å². The average Bonchev–Trinajstić information content (AvgIpc) is 1.77. The van der Waals surface area contributed by atoms with Gasteiger partial charge in [0, 0.05) is 6.04 Å². The molecule has 0 aliphatic heterocycles. The third kappa shape index (κ3) is 1.18. The molecule has 44 valence electrons. The Bertz CT molecular complexity index is 100. The van der Waals surface area contributed by atoms with Crippen LogP contribution in [0.15, 0.2) is 24.3 Å². The molecule has 0 bridgehead atoms. The molecule has 1 aliphatic rings. The summed E-state index contributed by atoms with van der Waals surface area (Å²) in [5.74, 6) is 0. The van der Waals surface area contributed by atoms with Crippen molar-refractivity contribution < 1.29 is 5.11 Å². The lowest BCUT2D eigenvalue weighted by Gasteiger charge is -2.06. The van der Waals surface area contributed by atoms with Crippen molar-refractivity contribution in [3.8, 4) is 0 Å². The lowest BCUT2D eigenvalue weighted by molar-refractivity contribution is 0.269. The minimum absolute atomic E-state index is 0.00148. The molecule has 1 aliphatic carbocycles. The van der Waals surface area contributed by atoms with Crippen LogP contribution in [0.25, 0.3) is 0 Å². The molecule has 0 fully saturated rings. The van der Waals surface area contributed by atoms with E-state index in [1.807, 2.05) is 0 Å². The first kappa shape index (κ1) is 5.54. The maximum absolute atomic E-state index is 8.80. The van der Waals surface area contributed by atoms with Crippen LogP contribution >= 0.6 is 0 Å². The Morgan fingerprint density at radius 3 is 2.00 bits per heavy atom. The molecule has 0 atom stereocenters. The third-order valence-corrected chi connectivity index (χ3v) is 1.06. The molecule has 0 unspecified atom stereocenters. The highest BCUT2D eigenvalue weighted by Crippen LogP contribution is 1.98. The third-order valence-electron chi connectivity index (χ3n) is 1.06. The van der Waals surface area contributed by atoms with Crippen molar-refractivity contribution in [1.82, 2.24) is 0 Å². The molecule has 0 saturated carbocycles. The Kier molecular flexibility index (Phi) is 1.46. The maximum atomic E-state index is 8.80. The second-order valence-corrected chi connectivity index (χ2v) is 1.84. The normalized spacial score (nSPS) is 35.8. The zero-order valence-electron chi connectivity index (χ0n) is 4.49. The lowest BCUT2D eigenvalue weighted by atomic mass is 10.1. The Balaban J connectivity index is 2.54. The van der Waals surface area contributed by atoms with Crippen molar-refractivity contribution in [2.45, 2.75) is 12.1 Å². The fraction of sp³-hybridized carbons (Fsp3) is 0.333. The SMILES string of the molecule is NC1C=CC(O)C=C1. The van der Waals surface area contributed by atoms with Gasteiger partial charge in [-0.05, 0) is 0 Å². The van der Waals surface area contributed by atoms with E-state index in [1.165, 1.54) is 0 Å². The summed E-state index contributed by atoms with van der Waals surface area (Å²) in [6.45, 7) is 0. The molecule has 0 aromatic carbocycles. The predicted molar refractivity (Wildman–Crippen MR) is 32.3 cm³/mol. The van der Waals surface area contributed by atoms with Gasteiger partial charge in [-0.25, -0.2) is 0 Å². The van der Waals surface area contributed by atoms with Gasteiger partial charge in [0.15, 0.2) is 0 Å². The number of rotatable bonds is 0. The molecule has 1 rings (SSSR count). The average molecular weight is 111 g/mol.